The Labute approximate surface area is 235 Å². The van der Waals surface area contributed by atoms with Crippen molar-refractivity contribution in [1.29, 1.82) is 0 Å². The van der Waals surface area contributed by atoms with Gasteiger partial charge in [0.15, 0.2) is 5.01 Å². The largest absolute Gasteiger partial charge is 0.290 e. The van der Waals surface area contributed by atoms with Crippen LogP contribution in [0, 0.1) is 11.2 Å². The minimum Gasteiger partial charge on any atom is -0.290 e. The van der Waals surface area contributed by atoms with Gasteiger partial charge < -0.3 is 0 Å². The lowest BCUT2D eigenvalue weighted by Crippen LogP contribution is -2.51. The van der Waals surface area contributed by atoms with Crippen molar-refractivity contribution in [2.45, 2.75) is 55.5 Å². The number of benzene rings is 1. The van der Waals surface area contributed by atoms with Crippen LogP contribution < -0.4 is 0 Å². The van der Waals surface area contributed by atoms with Gasteiger partial charge in [-0.05, 0) is 74.4 Å². The van der Waals surface area contributed by atoms with Crippen molar-refractivity contribution in [3.8, 4) is 5.69 Å². The molecule has 0 unspecified atom stereocenters. The van der Waals surface area contributed by atoms with Gasteiger partial charge in [0.05, 0.1) is 29.2 Å². The summed E-state index contributed by atoms with van der Waals surface area (Å²) >= 11 is 1.31. The molecule has 3 aliphatic rings. The van der Waals surface area contributed by atoms with Gasteiger partial charge in [0.25, 0.3) is 0 Å². The molecule has 206 valence electrons. The summed E-state index contributed by atoms with van der Waals surface area (Å²) < 4.78 is 46.3. The third kappa shape index (κ3) is 4.08. The van der Waals surface area contributed by atoms with Crippen molar-refractivity contribution in [2.75, 3.05) is 0 Å². The molecule has 0 N–H and O–H groups in total. The van der Waals surface area contributed by atoms with E-state index in [1.807, 2.05) is 6.08 Å². The SMILES string of the molecule is Cn1cc(S(=O)(=O)N(C2CC2)[C@H]2CCC3=Cc4c(cnn4-c4ccc(F)cc4)C[C@]3(C(=O)c3nccs3)C2)cn1. The van der Waals surface area contributed by atoms with E-state index in [2.05, 4.69) is 15.2 Å². The van der Waals surface area contributed by atoms with Gasteiger partial charge in [0.2, 0.25) is 15.8 Å². The molecular weight excluding hydrogens is 551 g/mol. The monoisotopic (exact) mass is 578 g/mol. The van der Waals surface area contributed by atoms with Crippen LogP contribution in [0.3, 0.4) is 0 Å². The molecule has 4 aromatic rings. The highest BCUT2D eigenvalue weighted by Crippen LogP contribution is 2.52. The minimum absolute atomic E-state index is 0.0758. The molecule has 3 heterocycles. The van der Waals surface area contributed by atoms with Crippen LogP contribution in [-0.2, 0) is 23.5 Å². The number of fused-ring (bicyclic) bond motifs is 2. The quantitative estimate of drug-likeness (QED) is 0.301. The van der Waals surface area contributed by atoms with Crippen LogP contribution in [0.2, 0.25) is 0 Å². The Morgan fingerprint density at radius 2 is 1.93 bits per heavy atom. The first-order valence-corrected chi connectivity index (χ1v) is 15.6. The third-order valence-electron chi connectivity index (χ3n) is 8.29. The van der Waals surface area contributed by atoms with Gasteiger partial charge in [-0.2, -0.15) is 14.5 Å². The Hall–Kier alpha value is -3.48. The number of carbonyl (C=O) groups excluding carboxylic acids is 1. The zero-order valence-corrected chi connectivity index (χ0v) is 23.4. The van der Waals surface area contributed by atoms with E-state index in [4.69, 9.17) is 0 Å². The molecule has 9 nitrogen and oxygen atoms in total. The van der Waals surface area contributed by atoms with Crippen LogP contribution >= 0.6 is 11.3 Å². The van der Waals surface area contributed by atoms with E-state index >= 15 is 0 Å². The summed E-state index contributed by atoms with van der Waals surface area (Å²) in [4.78, 5) is 18.8. The maximum Gasteiger partial charge on any atom is 0.246 e. The van der Waals surface area contributed by atoms with Crippen molar-refractivity contribution in [3.05, 3.63) is 82.1 Å². The van der Waals surface area contributed by atoms with Gasteiger partial charge >= 0.3 is 0 Å². The number of ketones is 1. The normalized spacial score (nSPS) is 22.6. The van der Waals surface area contributed by atoms with Gasteiger partial charge in [-0.25, -0.2) is 22.5 Å². The number of rotatable bonds is 7. The Bertz CT molecular complexity index is 1740. The number of aromatic nitrogens is 5. The topological polar surface area (TPSA) is 103 Å². The second-order valence-electron chi connectivity index (χ2n) is 10.9. The van der Waals surface area contributed by atoms with Crippen molar-refractivity contribution in [2.24, 2.45) is 12.5 Å². The molecule has 0 spiro atoms. The summed E-state index contributed by atoms with van der Waals surface area (Å²) in [5.74, 6) is -0.399. The predicted octanol–water partition coefficient (Wildman–Crippen LogP) is 4.42. The van der Waals surface area contributed by atoms with Crippen LogP contribution in [0.15, 0.2) is 64.9 Å². The van der Waals surface area contributed by atoms with E-state index < -0.39 is 15.4 Å². The van der Waals surface area contributed by atoms with Gasteiger partial charge in [-0.3, -0.25) is 9.48 Å². The number of Topliss-reactive ketones (excluding diaryl/α,β-unsaturated/α-hetero) is 1. The molecule has 3 aliphatic carbocycles. The smallest absolute Gasteiger partial charge is 0.246 e. The molecule has 2 fully saturated rings. The van der Waals surface area contributed by atoms with Crippen molar-refractivity contribution >= 4 is 33.2 Å². The van der Waals surface area contributed by atoms with Crippen LogP contribution in [0.1, 0.15) is 53.2 Å². The Morgan fingerprint density at radius 1 is 1.12 bits per heavy atom. The molecule has 0 aliphatic heterocycles. The van der Waals surface area contributed by atoms with Gasteiger partial charge in [-0.15, -0.1) is 11.3 Å². The van der Waals surface area contributed by atoms with E-state index in [9.17, 15) is 17.6 Å². The fourth-order valence-electron chi connectivity index (χ4n) is 6.30. The maximum absolute atomic E-state index is 14.3. The maximum atomic E-state index is 14.3. The van der Waals surface area contributed by atoms with Crippen molar-refractivity contribution in [1.82, 2.24) is 28.9 Å². The Balaban J connectivity index is 1.31. The highest BCUT2D eigenvalue weighted by molar-refractivity contribution is 7.89. The molecule has 0 amide bonds. The van der Waals surface area contributed by atoms with E-state index in [-0.39, 0.29) is 28.6 Å². The molecule has 2 saturated carbocycles. The molecule has 2 atom stereocenters. The number of hydrogen-bond acceptors (Lipinski definition) is 7. The third-order valence-corrected chi connectivity index (χ3v) is 11.0. The van der Waals surface area contributed by atoms with Crippen LogP contribution in [-0.4, -0.2) is 55.1 Å². The highest BCUT2D eigenvalue weighted by atomic mass is 32.2. The summed E-state index contributed by atoms with van der Waals surface area (Å²) in [7, 11) is -2.10. The molecule has 40 heavy (non-hydrogen) atoms. The summed E-state index contributed by atoms with van der Waals surface area (Å²) in [5, 5.41) is 10.9. The first-order valence-electron chi connectivity index (χ1n) is 13.3. The number of carbonyl (C=O) groups is 1. The average Bonchev–Trinajstić information content (AvgIpc) is 3.31. The summed E-state index contributed by atoms with van der Waals surface area (Å²) in [6.45, 7) is 0. The predicted molar refractivity (Wildman–Crippen MR) is 147 cm³/mol. The molecule has 3 aromatic heterocycles. The first kappa shape index (κ1) is 25.5. The van der Waals surface area contributed by atoms with E-state index in [1.165, 1.54) is 40.5 Å². The lowest BCUT2D eigenvalue weighted by molar-refractivity contribution is 0.0738. The van der Waals surface area contributed by atoms with Crippen molar-refractivity contribution in [3.63, 3.8) is 0 Å². The lowest BCUT2D eigenvalue weighted by atomic mass is 9.61. The number of hydrogen-bond donors (Lipinski definition) is 0. The summed E-state index contributed by atoms with van der Waals surface area (Å²) in [6, 6.07) is 5.74. The van der Waals surface area contributed by atoms with Gasteiger partial charge in [-0.1, -0.05) is 5.57 Å². The van der Waals surface area contributed by atoms with E-state index in [0.717, 1.165) is 35.4 Å². The highest BCUT2D eigenvalue weighted by Gasteiger charge is 2.54. The van der Waals surface area contributed by atoms with E-state index in [1.54, 1.807) is 45.9 Å². The van der Waals surface area contributed by atoms with Crippen LogP contribution in [0.25, 0.3) is 11.8 Å². The fraction of sp³-hybridized carbons (Fsp3) is 0.357. The van der Waals surface area contributed by atoms with Crippen molar-refractivity contribution < 1.29 is 17.6 Å². The number of aryl methyl sites for hydroxylation is 1. The molecule has 7 rings (SSSR count). The summed E-state index contributed by atoms with van der Waals surface area (Å²) in [5.41, 5.74) is 2.53. The molecule has 0 bridgehead atoms. The Morgan fingerprint density at radius 3 is 2.60 bits per heavy atom. The van der Waals surface area contributed by atoms with Crippen LogP contribution in [0.4, 0.5) is 4.39 Å². The lowest BCUT2D eigenvalue weighted by Gasteiger charge is -2.46. The zero-order chi connectivity index (χ0) is 27.6. The minimum atomic E-state index is -3.80. The Kier molecular flexibility index (Phi) is 5.92. The number of halogens is 1. The second-order valence-corrected chi connectivity index (χ2v) is 13.6. The number of allylic oxidation sites excluding steroid dienone is 1. The fourth-order valence-corrected chi connectivity index (χ4v) is 8.86. The standard InChI is InChI=1S/C28H27FN6O3S2/c1-33-17-24(16-31-33)40(37,38)35(22-8-9-22)23-5-2-19-12-25-18(15-32-34(25)21-6-3-20(29)4-7-21)13-28(19,14-23)26(36)27-30-10-11-39-27/h3-4,6-7,10-12,15-17,22-23H,2,5,8-9,13-14H2,1H3/t23-,28-/m0/s1. The molecule has 0 radical (unpaired) electrons. The second kappa shape index (κ2) is 9.28. The molecule has 12 heteroatoms. The number of nitrogens with zero attached hydrogens (tertiary/aromatic N) is 6. The molecule has 1 aromatic carbocycles. The number of sulfonamides is 1. The zero-order valence-electron chi connectivity index (χ0n) is 21.8. The summed E-state index contributed by atoms with van der Waals surface area (Å²) in [6.07, 6.45) is 11.9. The van der Waals surface area contributed by atoms with E-state index in [0.29, 0.717) is 30.7 Å². The average molecular weight is 579 g/mol. The van der Waals surface area contributed by atoms with Gasteiger partial charge in [0.1, 0.15) is 10.7 Å². The molecule has 0 saturated heterocycles. The van der Waals surface area contributed by atoms with Gasteiger partial charge in [0, 0.05) is 36.9 Å². The molecular formula is C28H27FN6O3S2. The number of thiazole rings is 1. The first-order chi connectivity index (χ1) is 19.3. The van der Waals surface area contributed by atoms with Crippen LogP contribution in [0.5, 0.6) is 0 Å².